The van der Waals surface area contributed by atoms with Crippen LogP contribution in [0.25, 0.3) is 0 Å². The number of benzene rings is 2. The van der Waals surface area contributed by atoms with Crippen LogP contribution in [0.5, 0.6) is 11.5 Å². The van der Waals surface area contributed by atoms with Crippen molar-refractivity contribution in [3.05, 3.63) is 57.2 Å². The topological polar surface area (TPSA) is 29.5 Å². The third kappa shape index (κ3) is 3.48. The minimum atomic E-state index is 0.0291. The first-order valence-corrected chi connectivity index (χ1v) is 7.35. The molecule has 0 aromatic heterocycles. The van der Waals surface area contributed by atoms with Gasteiger partial charge in [0.2, 0.25) is 0 Å². The lowest BCUT2D eigenvalue weighted by molar-refractivity contribution is 0.280. The summed E-state index contributed by atoms with van der Waals surface area (Å²) in [5.74, 6) is 2.05. The van der Waals surface area contributed by atoms with Gasteiger partial charge >= 0.3 is 0 Å². The normalized spacial score (nSPS) is 10.8. The molecule has 0 bridgehead atoms. The lowest BCUT2D eigenvalue weighted by atomic mass is 10.0. The zero-order valence-corrected chi connectivity index (χ0v) is 13.2. The van der Waals surface area contributed by atoms with Gasteiger partial charge in [-0.05, 0) is 63.9 Å². The minimum Gasteiger partial charge on any atom is -0.457 e. The Balaban J connectivity index is 2.31. The highest BCUT2D eigenvalue weighted by atomic mass is 127. The van der Waals surface area contributed by atoms with Crippen LogP contribution < -0.4 is 4.74 Å². The smallest absolute Gasteiger partial charge is 0.130 e. The summed E-state index contributed by atoms with van der Waals surface area (Å²) < 4.78 is 7.00. The minimum absolute atomic E-state index is 0.0291. The summed E-state index contributed by atoms with van der Waals surface area (Å²) in [6.45, 7) is 4.33. The molecule has 2 aromatic carbocycles. The molecular formula is C16H17IO2. The van der Waals surface area contributed by atoms with Crippen LogP contribution in [-0.2, 0) is 6.61 Å². The molecule has 0 aliphatic carbocycles. The molecule has 1 N–H and O–H groups in total. The van der Waals surface area contributed by atoms with Crippen LogP contribution in [0, 0.1) is 3.57 Å². The van der Waals surface area contributed by atoms with Crippen molar-refractivity contribution in [2.45, 2.75) is 26.4 Å². The largest absolute Gasteiger partial charge is 0.457 e. The zero-order valence-electron chi connectivity index (χ0n) is 11.1. The molecule has 19 heavy (non-hydrogen) atoms. The van der Waals surface area contributed by atoms with Crippen LogP contribution in [0.3, 0.4) is 0 Å². The molecule has 0 amide bonds. The molecule has 0 heterocycles. The molecule has 100 valence electrons. The van der Waals surface area contributed by atoms with Crippen molar-refractivity contribution in [2.24, 2.45) is 0 Å². The number of halogens is 1. The second kappa shape index (κ2) is 6.39. The van der Waals surface area contributed by atoms with E-state index in [2.05, 4.69) is 42.5 Å². The fourth-order valence-corrected chi connectivity index (χ4v) is 2.42. The van der Waals surface area contributed by atoms with Crippen LogP contribution >= 0.6 is 22.6 Å². The molecule has 0 unspecified atom stereocenters. The Morgan fingerprint density at radius 3 is 2.58 bits per heavy atom. The van der Waals surface area contributed by atoms with E-state index in [-0.39, 0.29) is 6.61 Å². The molecule has 2 nitrogen and oxygen atoms in total. The van der Waals surface area contributed by atoms with Crippen molar-refractivity contribution in [3.63, 3.8) is 0 Å². The number of aliphatic hydroxyl groups is 1. The third-order valence-electron chi connectivity index (χ3n) is 2.96. The van der Waals surface area contributed by atoms with E-state index in [9.17, 15) is 5.11 Å². The van der Waals surface area contributed by atoms with Gasteiger partial charge in [0.15, 0.2) is 0 Å². The average Bonchev–Trinajstić information content (AvgIpc) is 2.41. The number of rotatable bonds is 4. The summed E-state index contributed by atoms with van der Waals surface area (Å²) in [4.78, 5) is 0. The van der Waals surface area contributed by atoms with E-state index in [4.69, 9.17) is 4.74 Å². The first-order valence-electron chi connectivity index (χ1n) is 6.28. The predicted octanol–water partition coefficient (Wildman–Crippen LogP) is 4.70. The van der Waals surface area contributed by atoms with Crippen LogP contribution in [0.15, 0.2) is 42.5 Å². The van der Waals surface area contributed by atoms with Gasteiger partial charge in [-0.1, -0.05) is 32.0 Å². The summed E-state index contributed by atoms with van der Waals surface area (Å²) in [7, 11) is 0. The van der Waals surface area contributed by atoms with Crippen molar-refractivity contribution in [2.75, 3.05) is 0 Å². The Labute approximate surface area is 127 Å². The fourth-order valence-electron chi connectivity index (χ4n) is 1.91. The summed E-state index contributed by atoms with van der Waals surface area (Å²) >= 11 is 2.21. The second-order valence-electron chi connectivity index (χ2n) is 4.71. The second-order valence-corrected chi connectivity index (χ2v) is 5.87. The van der Waals surface area contributed by atoms with Crippen molar-refractivity contribution < 1.29 is 9.84 Å². The Morgan fingerprint density at radius 2 is 1.89 bits per heavy atom. The van der Waals surface area contributed by atoms with E-state index in [0.29, 0.717) is 5.92 Å². The SMILES string of the molecule is CC(C)c1ccccc1Oc1ccc(I)c(CO)c1. The Kier molecular flexibility index (Phi) is 4.82. The van der Waals surface area contributed by atoms with Crippen LogP contribution in [0.1, 0.15) is 30.9 Å². The highest BCUT2D eigenvalue weighted by molar-refractivity contribution is 14.1. The summed E-state index contributed by atoms with van der Waals surface area (Å²) in [5.41, 5.74) is 2.08. The molecule has 0 saturated carbocycles. The number of hydrogen-bond donors (Lipinski definition) is 1. The maximum atomic E-state index is 9.29. The van der Waals surface area contributed by atoms with Crippen LogP contribution in [0.4, 0.5) is 0 Å². The first kappa shape index (κ1) is 14.3. The summed E-state index contributed by atoms with van der Waals surface area (Å²) in [6.07, 6.45) is 0. The predicted molar refractivity (Wildman–Crippen MR) is 85.7 cm³/mol. The van der Waals surface area contributed by atoms with Gasteiger partial charge in [-0.2, -0.15) is 0 Å². The van der Waals surface area contributed by atoms with Crippen molar-refractivity contribution >= 4 is 22.6 Å². The van der Waals surface area contributed by atoms with Gasteiger partial charge in [0.1, 0.15) is 11.5 Å². The van der Waals surface area contributed by atoms with Gasteiger partial charge in [0, 0.05) is 3.57 Å². The highest BCUT2D eigenvalue weighted by Gasteiger charge is 2.09. The van der Waals surface area contributed by atoms with Crippen molar-refractivity contribution in [3.8, 4) is 11.5 Å². The van der Waals surface area contributed by atoms with Crippen LogP contribution in [0.2, 0.25) is 0 Å². The maximum Gasteiger partial charge on any atom is 0.130 e. The molecule has 0 aliphatic heterocycles. The quantitative estimate of drug-likeness (QED) is 0.793. The highest BCUT2D eigenvalue weighted by Crippen LogP contribution is 2.31. The Bertz CT molecular complexity index is 564. The molecular weight excluding hydrogens is 351 g/mol. The zero-order chi connectivity index (χ0) is 13.8. The van der Waals surface area contributed by atoms with Gasteiger partial charge < -0.3 is 9.84 Å². The lowest BCUT2D eigenvalue weighted by Gasteiger charge is -2.14. The van der Waals surface area contributed by atoms with E-state index in [1.165, 1.54) is 5.56 Å². The first-order chi connectivity index (χ1) is 9.11. The number of hydrogen-bond acceptors (Lipinski definition) is 2. The molecule has 0 radical (unpaired) electrons. The molecule has 2 aromatic rings. The van der Waals surface area contributed by atoms with Gasteiger partial charge in [-0.25, -0.2) is 0 Å². The Morgan fingerprint density at radius 1 is 1.16 bits per heavy atom. The number of para-hydroxylation sites is 1. The fraction of sp³-hybridized carbons (Fsp3) is 0.250. The third-order valence-corrected chi connectivity index (χ3v) is 4.01. The van der Waals surface area contributed by atoms with Gasteiger partial charge in [0.25, 0.3) is 0 Å². The van der Waals surface area contributed by atoms with E-state index in [1.54, 1.807) is 0 Å². The lowest BCUT2D eigenvalue weighted by Crippen LogP contribution is -1.95. The van der Waals surface area contributed by atoms with E-state index >= 15 is 0 Å². The maximum absolute atomic E-state index is 9.29. The average molecular weight is 368 g/mol. The van der Waals surface area contributed by atoms with Crippen molar-refractivity contribution in [1.29, 1.82) is 0 Å². The molecule has 0 spiro atoms. The van der Waals surface area contributed by atoms with E-state index in [0.717, 1.165) is 20.6 Å². The van der Waals surface area contributed by atoms with Gasteiger partial charge in [-0.15, -0.1) is 0 Å². The summed E-state index contributed by atoms with van der Waals surface area (Å²) in [6, 6.07) is 13.8. The van der Waals surface area contributed by atoms with E-state index < -0.39 is 0 Å². The monoisotopic (exact) mass is 368 g/mol. The van der Waals surface area contributed by atoms with Crippen molar-refractivity contribution in [1.82, 2.24) is 0 Å². The van der Waals surface area contributed by atoms with Gasteiger partial charge in [0.05, 0.1) is 6.61 Å². The van der Waals surface area contributed by atoms with Gasteiger partial charge in [-0.3, -0.25) is 0 Å². The molecule has 0 aliphatic rings. The molecule has 0 saturated heterocycles. The number of aliphatic hydroxyl groups excluding tert-OH is 1. The number of ether oxygens (including phenoxy) is 1. The van der Waals surface area contributed by atoms with Crippen LogP contribution in [-0.4, -0.2) is 5.11 Å². The van der Waals surface area contributed by atoms with E-state index in [1.807, 2.05) is 36.4 Å². The summed E-state index contributed by atoms with van der Waals surface area (Å²) in [5, 5.41) is 9.29. The molecule has 0 fully saturated rings. The molecule has 3 heteroatoms. The molecule has 2 rings (SSSR count). The molecule has 0 atom stereocenters. The Hall–Kier alpha value is -1.07. The standard InChI is InChI=1S/C16H17IO2/c1-11(2)14-5-3-4-6-16(14)19-13-7-8-15(17)12(9-13)10-18/h3-9,11,18H,10H2,1-2H3.